The second kappa shape index (κ2) is 6.55. The summed E-state index contributed by atoms with van der Waals surface area (Å²) in [5, 5.41) is 2.86. The summed E-state index contributed by atoms with van der Waals surface area (Å²) in [5.74, 6) is 6.81. The van der Waals surface area contributed by atoms with Gasteiger partial charge < -0.3 is 5.73 Å². The first-order valence-corrected chi connectivity index (χ1v) is 7.34. The minimum Gasteiger partial charge on any atom is -0.320 e. The standard InChI is InChI=1S/C13H13N3S2/c1-10-4-7-15-13(16-10)18-9-12-11(3-2-6-14)5-8-17-12/h4-5,7-8H,6,9,14H2,1H3. The molecule has 0 aliphatic rings. The van der Waals surface area contributed by atoms with E-state index in [9.17, 15) is 0 Å². The second-order valence-electron chi connectivity index (χ2n) is 3.53. The molecule has 0 spiro atoms. The zero-order chi connectivity index (χ0) is 12.8. The van der Waals surface area contributed by atoms with E-state index in [1.807, 2.05) is 24.4 Å². The number of hydrogen-bond acceptors (Lipinski definition) is 5. The molecule has 2 heterocycles. The monoisotopic (exact) mass is 275 g/mol. The van der Waals surface area contributed by atoms with Gasteiger partial charge in [0.05, 0.1) is 6.54 Å². The van der Waals surface area contributed by atoms with Gasteiger partial charge in [0.2, 0.25) is 0 Å². The fourth-order valence-electron chi connectivity index (χ4n) is 1.34. The van der Waals surface area contributed by atoms with E-state index in [0.717, 1.165) is 22.2 Å². The van der Waals surface area contributed by atoms with Crippen LogP contribution in [-0.4, -0.2) is 16.5 Å². The Morgan fingerprint density at radius 2 is 2.33 bits per heavy atom. The molecule has 0 aliphatic carbocycles. The Morgan fingerprint density at radius 1 is 1.44 bits per heavy atom. The van der Waals surface area contributed by atoms with Crippen LogP contribution in [0.5, 0.6) is 0 Å². The summed E-state index contributed by atoms with van der Waals surface area (Å²) in [6.07, 6.45) is 1.79. The van der Waals surface area contributed by atoms with Crippen molar-refractivity contribution in [1.82, 2.24) is 9.97 Å². The fraction of sp³-hybridized carbons (Fsp3) is 0.231. The van der Waals surface area contributed by atoms with Crippen LogP contribution in [-0.2, 0) is 5.75 Å². The van der Waals surface area contributed by atoms with Crippen molar-refractivity contribution in [1.29, 1.82) is 0 Å². The van der Waals surface area contributed by atoms with Crippen LogP contribution in [0.2, 0.25) is 0 Å². The third-order valence-electron chi connectivity index (χ3n) is 2.18. The molecule has 2 aromatic heterocycles. The molecule has 2 rings (SSSR count). The quantitative estimate of drug-likeness (QED) is 0.531. The Labute approximate surface area is 115 Å². The molecule has 18 heavy (non-hydrogen) atoms. The van der Waals surface area contributed by atoms with Gasteiger partial charge in [-0.2, -0.15) is 0 Å². The molecule has 5 heteroatoms. The summed E-state index contributed by atoms with van der Waals surface area (Å²) in [6, 6.07) is 3.92. The number of nitrogens with two attached hydrogens (primary N) is 1. The van der Waals surface area contributed by atoms with Gasteiger partial charge >= 0.3 is 0 Å². The van der Waals surface area contributed by atoms with Gasteiger partial charge in [-0.05, 0) is 24.4 Å². The predicted molar refractivity (Wildman–Crippen MR) is 76.6 cm³/mol. The number of aryl methyl sites for hydroxylation is 1. The first-order valence-electron chi connectivity index (χ1n) is 5.47. The lowest BCUT2D eigenvalue weighted by Gasteiger charge is -1.99. The van der Waals surface area contributed by atoms with Crippen LogP contribution in [0.15, 0.2) is 28.9 Å². The van der Waals surface area contributed by atoms with Gasteiger partial charge in [-0.1, -0.05) is 23.6 Å². The lowest BCUT2D eigenvalue weighted by Crippen LogP contribution is -1.93. The van der Waals surface area contributed by atoms with Crippen LogP contribution in [0.1, 0.15) is 16.1 Å². The number of hydrogen-bond donors (Lipinski definition) is 1. The van der Waals surface area contributed by atoms with Gasteiger partial charge in [0, 0.05) is 28.1 Å². The van der Waals surface area contributed by atoms with Gasteiger partial charge in [0.1, 0.15) is 0 Å². The van der Waals surface area contributed by atoms with Gasteiger partial charge in [-0.3, -0.25) is 0 Å². The van der Waals surface area contributed by atoms with Gasteiger partial charge in [-0.15, -0.1) is 11.3 Å². The van der Waals surface area contributed by atoms with Gasteiger partial charge in [-0.25, -0.2) is 9.97 Å². The van der Waals surface area contributed by atoms with Crippen LogP contribution in [0, 0.1) is 18.8 Å². The molecule has 0 amide bonds. The van der Waals surface area contributed by atoms with Crippen molar-refractivity contribution in [3.05, 3.63) is 39.8 Å². The highest BCUT2D eigenvalue weighted by Gasteiger charge is 2.04. The topological polar surface area (TPSA) is 51.8 Å². The molecule has 3 nitrogen and oxygen atoms in total. The van der Waals surface area contributed by atoms with E-state index in [1.54, 1.807) is 29.3 Å². The van der Waals surface area contributed by atoms with E-state index in [2.05, 4.69) is 21.8 Å². The van der Waals surface area contributed by atoms with E-state index in [-0.39, 0.29) is 0 Å². The van der Waals surface area contributed by atoms with E-state index >= 15 is 0 Å². The van der Waals surface area contributed by atoms with E-state index in [0.29, 0.717) is 6.54 Å². The SMILES string of the molecule is Cc1ccnc(SCc2sccc2C#CCN)n1. The van der Waals surface area contributed by atoms with Crippen molar-refractivity contribution in [2.24, 2.45) is 5.73 Å². The number of thiophene rings is 1. The highest BCUT2D eigenvalue weighted by atomic mass is 32.2. The molecule has 0 bridgehead atoms. The second-order valence-corrected chi connectivity index (χ2v) is 5.48. The molecule has 0 aliphatic heterocycles. The molecular weight excluding hydrogens is 262 g/mol. The number of rotatable bonds is 3. The molecule has 0 aromatic carbocycles. The van der Waals surface area contributed by atoms with Gasteiger partial charge in [0.15, 0.2) is 5.16 Å². The maximum Gasteiger partial charge on any atom is 0.188 e. The number of thioether (sulfide) groups is 1. The van der Waals surface area contributed by atoms with Crippen molar-refractivity contribution < 1.29 is 0 Å². The molecule has 0 radical (unpaired) electrons. The van der Waals surface area contributed by atoms with Crippen LogP contribution >= 0.6 is 23.1 Å². The van der Waals surface area contributed by atoms with Gasteiger partial charge in [0.25, 0.3) is 0 Å². The van der Waals surface area contributed by atoms with E-state index in [1.165, 1.54) is 4.88 Å². The highest BCUT2D eigenvalue weighted by Crippen LogP contribution is 2.25. The first kappa shape index (κ1) is 13.1. The fourth-order valence-corrected chi connectivity index (χ4v) is 3.16. The number of aromatic nitrogens is 2. The minimum absolute atomic E-state index is 0.392. The first-order chi connectivity index (χ1) is 8.79. The maximum atomic E-state index is 5.38. The lowest BCUT2D eigenvalue weighted by atomic mass is 10.3. The largest absolute Gasteiger partial charge is 0.320 e. The average Bonchev–Trinajstić information content (AvgIpc) is 2.81. The minimum atomic E-state index is 0.392. The molecule has 0 fully saturated rings. The molecule has 0 atom stereocenters. The Hall–Kier alpha value is -1.35. The molecular formula is C13H13N3S2. The van der Waals surface area contributed by atoms with Crippen molar-refractivity contribution in [3.8, 4) is 11.8 Å². The van der Waals surface area contributed by atoms with Crippen LogP contribution in [0.3, 0.4) is 0 Å². The highest BCUT2D eigenvalue weighted by molar-refractivity contribution is 7.98. The summed E-state index contributed by atoms with van der Waals surface area (Å²) in [4.78, 5) is 9.84. The van der Waals surface area contributed by atoms with E-state index in [4.69, 9.17) is 5.73 Å². The normalized spacial score (nSPS) is 9.89. The third-order valence-corrected chi connectivity index (χ3v) is 4.17. The van der Waals surface area contributed by atoms with Crippen LogP contribution in [0.25, 0.3) is 0 Å². The Bertz CT molecular complexity index is 581. The van der Waals surface area contributed by atoms with E-state index < -0.39 is 0 Å². The average molecular weight is 275 g/mol. The summed E-state index contributed by atoms with van der Waals surface area (Å²) < 4.78 is 0. The Morgan fingerprint density at radius 3 is 3.11 bits per heavy atom. The summed E-state index contributed by atoms with van der Waals surface area (Å²) in [5.41, 5.74) is 7.43. The molecule has 2 N–H and O–H groups in total. The Balaban J connectivity index is 2.04. The summed E-state index contributed by atoms with van der Waals surface area (Å²) in [7, 11) is 0. The van der Waals surface area contributed by atoms with Crippen molar-refractivity contribution >= 4 is 23.1 Å². The molecule has 0 saturated carbocycles. The van der Waals surface area contributed by atoms with Crippen molar-refractivity contribution in [3.63, 3.8) is 0 Å². The zero-order valence-electron chi connectivity index (χ0n) is 10.0. The molecule has 0 saturated heterocycles. The summed E-state index contributed by atoms with van der Waals surface area (Å²) >= 11 is 3.33. The summed E-state index contributed by atoms with van der Waals surface area (Å²) in [6.45, 7) is 2.36. The maximum absolute atomic E-state index is 5.38. The third kappa shape index (κ3) is 3.57. The molecule has 2 aromatic rings. The van der Waals surface area contributed by atoms with Crippen molar-refractivity contribution in [2.75, 3.05) is 6.54 Å². The van der Waals surface area contributed by atoms with Crippen LogP contribution in [0.4, 0.5) is 0 Å². The Kier molecular flexibility index (Phi) is 4.76. The smallest absolute Gasteiger partial charge is 0.188 e. The van der Waals surface area contributed by atoms with Crippen LogP contribution < -0.4 is 5.73 Å². The van der Waals surface area contributed by atoms with Crippen molar-refractivity contribution in [2.45, 2.75) is 17.8 Å². The predicted octanol–water partition coefficient (Wildman–Crippen LogP) is 2.45. The molecule has 0 unspecified atom stereocenters. The number of nitrogens with zero attached hydrogens (tertiary/aromatic N) is 2. The zero-order valence-corrected chi connectivity index (χ0v) is 11.6. The lowest BCUT2D eigenvalue weighted by molar-refractivity contribution is 0.932. The molecule has 92 valence electrons.